The first-order valence-electron chi connectivity index (χ1n) is 5.46. The van der Waals surface area contributed by atoms with Gasteiger partial charge in [-0.2, -0.15) is 8.42 Å². The molecule has 0 aromatic rings. The quantitative estimate of drug-likeness (QED) is 0.479. The van der Waals surface area contributed by atoms with E-state index in [1.54, 1.807) is 6.92 Å². The van der Waals surface area contributed by atoms with Gasteiger partial charge in [-0.05, 0) is 39.4 Å². The van der Waals surface area contributed by atoms with E-state index >= 15 is 0 Å². The van der Waals surface area contributed by atoms with E-state index in [-0.39, 0.29) is 24.6 Å². The molecule has 1 N–H and O–H groups in total. The van der Waals surface area contributed by atoms with Crippen LogP contribution in [0.4, 0.5) is 17.3 Å². The summed E-state index contributed by atoms with van der Waals surface area (Å²) >= 11 is 0. The second-order valence-corrected chi connectivity index (χ2v) is 5.36. The van der Waals surface area contributed by atoms with Crippen molar-refractivity contribution in [3.8, 4) is 0 Å². The minimum absolute atomic E-state index is 0. The Labute approximate surface area is 124 Å². The Hall–Kier alpha value is 0.252. The molecule has 1 aliphatic rings. The van der Waals surface area contributed by atoms with Gasteiger partial charge < -0.3 is 22.2 Å². The normalized spacial score (nSPS) is 15.5. The molecule has 1 rings (SSSR count). The fourth-order valence-corrected chi connectivity index (χ4v) is 1.65. The molecule has 0 spiro atoms. The molecule has 4 nitrogen and oxygen atoms in total. The van der Waals surface area contributed by atoms with E-state index in [2.05, 4.69) is 11.9 Å². The van der Waals surface area contributed by atoms with E-state index in [1.807, 2.05) is 0 Å². The second-order valence-electron chi connectivity index (χ2n) is 3.79. The maximum absolute atomic E-state index is 9.79. The van der Waals surface area contributed by atoms with Gasteiger partial charge >= 0.3 is 26.1 Å². The zero-order chi connectivity index (χ0) is 14.8. The first-order chi connectivity index (χ1) is 7.95. The molecule has 0 aromatic carbocycles. The fourth-order valence-electron chi connectivity index (χ4n) is 1.13. The Morgan fingerprint density at radius 1 is 1.16 bits per heavy atom. The van der Waals surface area contributed by atoms with Crippen molar-refractivity contribution in [3.63, 3.8) is 0 Å². The van der Waals surface area contributed by atoms with Crippen molar-refractivity contribution in [2.24, 2.45) is 0 Å². The van der Waals surface area contributed by atoms with Gasteiger partial charge in [-0.3, -0.25) is 4.55 Å². The molecule has 0 bridgehead atoms. The van der Waals surface area contributed by atoms with Gasteiger partial charge in [0.25, 0.3) is 10.1 Å². The first kappa shape index (κ1) is 24.3. The molecule has 1 fully saturated rings. The Kier molecular flexibility index (Phi) is 15.4. The third kappa shape index (κ3) is 38.1. The Morgan fingerprint density at radius 3 is 1.53 bits per heavy atom. The minimum atomic E-state index is -6.00. The van der Waals surface area contributed by atoms with Crippen LogP contribution in [-0.4, -0.2) is 69.9 Å². The summed E-state index contributed by atoms with van der Waals surface area (Å²) in [5, 5.41) is 0. The van der Waals surface area contributed by atoms with E-state index in [4.69, 9.17) is 4.55 Å². The summed E-state index contributed by atoms with van der Waals surface area (Å²) in [7, 11) is -7.50. The van der Waals surface area contributed by atoms with Crippen LogP contribution >= 0.6 is 0 Å². The number of hydrogen-bond acceptors (Lipinski definition) is 3. The summed E-state index contributed by atoms with van der Waals surface area (Å²) in [6.07, 6.45) is 3.30. The van der Waals surface area contributed by atoms with Crippen molar-refractivity contribution in [2.75, 3.05) is 25.9 Å². The zero-order valence-electron chi connectivity index (χ0n) is 10.5. The molecule has 0 atom stereocenters. The predicted octanol–water partition coefficient (Wildman–Crippen LogP) is 1.65. The van der Waals surface area contributed by atoms with Gasteiger partial charge in [0.1, 0.15) is 0 Å². The third-order valence-corrected chi connectivity index (χ3v) is 2.72. The molecular formula is C8H20BF4LiNO3S-. The van der Waals surface area contributed by atoms with Crippen LogP contribution in [-0.2, 0) is 10.1 Å². The summed E-state index contributed by atoms with van der Waals surface area (Å²) in [5.74, 6) is -0.132. The van der Waals surface area contributed by atoms with E-state index in [0.29, 0.717) is 6.42 Å². The fraction of sp³-hybridized carbons (Fsp3) is 1.00. The van der Waals surface area contributed by atoms with E-state index in [1.165, 1.54) is 25.9 Å². The van der Waals surface area contributed by atoms with E-state index < -0.39 is 17.4 Å². The van der Waals surface area contributed by atoms with E-state index in [0.717, 1.165) is 0 Å². The molecule has 1 aliphatic heterocycles. The third-order valence-electron chi connectivity index (χ3n) is 1.79. The monoisotopic (exact) mass is 304 g/mol. The molecule has 11 heteroatoms. The molecule has 0 amide bonds. The summed E-state index contributed by atoms with van der Waals surface area (Å²) in [5.41, 5.74) is 0. The zero-order valence-corrected chi connectivity index (χ0v) is 11.3. The molecule has 0 unspecified atom stereocenters. The SMILES string of the molecule is CCCS(=O)(=O)O.CN1CCCC1.F[B-](F)(F)F.[LiH]. The maximum atomic E-state index is 9.79. The summed E-state index contributed by atoms with van der Waals surface area (Å²) in [6, 6.07) is 0. The van der Waals surface area contributed by atoms with Crippen LogP contribution in [0.5, 0.6) is 0 Å². The molecule has 0 radical (unpaired) electrons. The number of halogens is 4. The Balaban J connectivity index is -0.000000200. The van der Waals surface area contributed by atoms with Crippen LogP contribution in [0.2, 0.25) is 0 Å². The number of rotatable bonds is 2. The summed E-state index contributed by atoms with van der Waals surface area (Å²) in [4.78, 5) is 2.36. The van der Waals surface area contributed by atoms with Gasteiger partial charge in [-0.25, -0.2) is 0 Å². The molecule has 0 aromatic heterocycles. The van der Waals surface area contributed by atoms with Crippen molar-refractivity contribution < 1.29 is 30.2 Å². The summed E-state index contributed by atoms with van der Waals surface area (Å²) in [6.45, 7) is 4.33. The van der Waals surface area contributed by atoms with Crippen molar-refractivity contribution in [3.05, 3.63) is 0 Å². The first-order valence-corrected chi connectivity index (χ1v) is 7.07. The van der Waals surface area contributed by atoms with Crippen LogP contribution in [0.25, 0.3) is 0 Å². The Bertz CT molecular complexity index is 291. The van der Waals surface area contributed by atoms with Crippen molar-refractivity contribution in [2.45, 2.75) is 26.2 Å². The summed E-state index contributed by atoms with van der Waals surface area (Å²) < 4.78 is 66.6. The Morgan fingerprint density at radius 2 is 1.47 bits per heavy atom. The predicted molar refractivity (Wildman–Crippen MR) is 70.8 cm³/mol. The van der Waals surface area contributed by atoms with Crippen LogP contribution < -0.4 is 0 Å². The molecular weight excluding hydrogens is 284 g/mol. The average molecular weight is 304 g/mol. The van der Waals surface area contributed by atoms with Gasteiger partial charge in [0, 0.05) is 0 Å². The standard InChI is InChI=1S/C5H11N.C3H8O3S.BF4.Li.H/c1-6-4-2-3-5-6;1-2-3-7(4,5)6;2-1(3,4)5;;/h2-5H2,1H3;2-3H2,1H3,(H,4,5,6);;;/q;;-1;;. The molecule has 1 heterocycles. The van der Waals surface area contributed by atoms with Crippen molar-refractivity contribution in [1.82, 2.24) is 4.90 Å². The van der Waals surface area contributed by atoms with Gasteiger partial charge in [-0.1, -0.05) is 6.92 Å². The number of nitrogens with zero attached hydrogens (tertiary/aromatic N) is 1. The molecule has 19 heavy (non-hydrogen) atoms. The van der Waals surface area contributed by atoms with Crippen LogP contribution in [0.3, 0.4) is 0 Å². The van der Waals surface area contributed by atoms with Gasteiger partial charge in [-0.15, -0.1) is 0 Å². The molecule has 0 saturated carbocycles. The molecule has 1 saturated heterocycles. The average Bonchev–Trinajstić information content (AvgIpc) is 2.51. The van der Waals surface area contributed by atoms with Crippen LogP contribution in [0.1, 0.15) is 26.2 Å². The van der Waals surface area contributed by atoms with Gasteiger partial charge in [0.05, 0.1) is 5.75 Å². The number of likely N-dealkylation sites (tertiary alicyclic amines) is 1. The van der Waals surface area contributed by atoms with Crippen LogP contribution in [0, 0.1) is 0 Å². The van der Waals surface area contributed by atoms with Crippen LogP contribution in [0.15, 0.2) is 0 Å². The topological polar surface area (TPSA) is 57.6 Å². The van der Waals surface area contributed by atoms with Crippen molar-refractivity contribution in [1.29, 1.82) is 0 Å². The molecule has 0 aliphatic carbocycles. The molecule has 114 valence electrons. The number of hydrogen-bond donors (Lipinski definition) is 1. The van der Waals surface area contributed by atoms with Crippen molar-refractivity contribution >= 4 is 36.2 Å². The van der Waals surface area contributed by atoms with Gasteiger partial charge in [0.15, 0.2) is 0 Å². The second kappa shape index (κ2) is 12.0. The van der Waals surface area contributed by atoms with Gasteiger partial charge in [0.2, 0.25) is 0 Å². The van der Waals surface area contributed by atoms with E-state index in [9.17, 15) is 25.7 Å².